The Morgan fingerprint density at radius 1 is 1.17 bits per heavy atom. The molecule has 0 bridgehead atoms. The van der Waals surface area contributed by atoms with Gasteiger partial charge in [0.1, 0.15) is 5.82 Å². The van der Waals surface area contributed by atoms with Crippen LogP contribution in [0.1, 0.15) is 40.6 Å². The van der Waals surface area contributed by atoms with Crippen LogP contribution >= 0.6 is 0 Å². The van der Waals surface area contributed by atoms with Gasteiger partial charge in [-0.2, -0.15) is 8.42 Å². The van der Waals surface area contributed by atoms with Gasteiger partial charge in [0.2, 0.25) is 0 Å². The van der Waals surface area contributed by atoms with Crippen molar-refractivity contribution in [3.63, 3.8) is 0 Å². The molecular formula is C19H19FN6O3S. The molecule has 156 valence electrons. The minimum atomic E-state index is -3.83. The number of hydrogen-bond donors (Lipinski definition) is 0. The van der Waals surface area contributed by atoms with E-state index in [9.17, 15) is 18.3 Å². The normalized spacial score (nSPS) is 18.7. The predicted octanol–water partition coefficient (Wildman–Crippen LogP) is 4.91. The van der Waals surface area contributed by atoms with E-state index in [1.165, 1.54) is 12.1 Å². The molecule has 0 aromatic heterocycles. The van der Waals surface area contributed by atoms with E-state index in [-0.39, 0.29) is 13.0 Å². The molecule has 0 saturated carbocycles. The fraction of sp³-hybridized carbons (Fsp3) is 0.368. The van der Waals surface area contributed by atoms with Gasteiger partial charge in [-0.1, -0.05) is 40.6 Å². The fourth-order valence-electron chi connectivity index (χ4n) is 3.91. The number of rotatable bonds is 7. The molecule has 3 atom stereocenters. The molecule has 0 amide bonds. The second kappa shape index (κ2) is 9.15. The van der Waals surface area contributed by atoms with Crippen LogP contribution in [-0.4, -0.2) is 27.3 Å². The zero-order valence-electron chi connectivity index (χ0n) is 16.1. The van der Waals surface area contributed by atoms with E-state index in [0.29, 0.717) is 12.0 Å². The molecule has 0 unspecified atom stereocenters. The van der Waals surface area contributed by atoms with Crippen molar-refractivity contribution >= 4 is 10.1 Å². The highest BCUT2D eigenvalue weighted by Crippen LogP contribution is 2.44. The monoisotopic (exact) mass is 430 g/mol. The summed E-state index contributed by atoms with van der Waals surface area (Å²) in [7, 11) is -3.83. The Kier molecular flexibility index (Phi) is 6.59. The van der Waals surface area contributed by atoms with Crippen molar-refractivity contribution in [1.29, 1.82) is 0 Å². The number of azide groups is 2. The SMILES string of the molecule is CS(=O)(=O)O[C@H](CN=[N+]=[N-])C[C@@H]1c2ccccc2Cc2ccc(F)cc2[C@H]1N=[N+]=[N-]. The second-order valence-corrected chi connectivity index (χ2v) is 8.65. The number of benzene rings is 2. The Balaban J connectivity index is 2.14. The molecule has 1 aliphatic rings. The third-order valence-electron chi connectivity index (χ3n) is 5.00. The highest BCUT2D eigenvalue weighted by Gasteiger charge is 2.34. The van der Waals surface area contributed by atoms with Gasteiger partial charge >= 0.3 is 0 Å². The van der Waals surface area contributed by atoms with Crippen LogP contribution in [0.3, 0.4) is 0 Å². The molecule has 9 nitrogen and oxygen atoms in total. The van der Waals surface area contributed by atoms with E-state index in [0.717, 1.165) is 22.9 Å². The van der Waals surface area contributed by atoms with Gasteiger partial charge in [-0.05, 0) is 64.2 Å². The minimum absolute atomic E-state index is 0.0861. The Bertz CT molecular complexity index is 1140. The molecule has 0 heterocycles. The summed E-state index contributed by atoms with van der Waals surface area (Å²) < 4.78 is 42.6. The van der Waals surface area contributed by atoms with E-state index in [1.807, 2.05) is 24.3 Å². The maximum absolute atomic E-state index is 14.1. The average molecular weight is 430 g/mol. The van der Waals surface area contributed by atoms with Crippen molar-refractivity contribution < 1.29 is 17.0 Å². The lowest BCUT2D eigenvalue weighted by atomic mass is 9.83. The molecule has 0 radical (unpaired) electrons. The summed E-state index contributed by atoms with van der Waals surface area (Å²) in [6, 6.07) is 11.1. The third-order valence-corrected chi connectivity index (χ3v) is 5.62. The molecule has 2 aromatic carbocycles. The van der Waals surface area contributed by atoms with Crippen molar-refractivity contribution in [3.05, 3.63) is 91.4 Å². The van der Waals surface area contributed by atoms with Gasteiger partial charge in [0.25, 0.3) is 10.1 Å². The van der Waals surface area contributed by atoms with E-state index in [2.05, 4.69) is 20.1 Å². The molecule has 0 fully saturated rings. The van der Waals surface area contributed by atoms with Crippen LogP contribution in [0.5, 0.6) is 0 Å². The highest BCUT2D eigenvalue weighted by molar-refractivity contribution is 7.86. The minimum Gasteiger partial charge on any atom is -0.267 e. The molecule has 2 aromatic rings. The first-order valence-corrected chi connectivity index (χ1v) is 10.9. The first-order chi connectivity index (χ1) is 14.3. The van der Waals surface area contributed by atoms with Crippen LogP contribution in [0.25, 0.3) is 20.9 Å². The summed E-state index contributed by atoms with van der Waals surface area (Å²) in [4.78, 5) is 5.64. The van der Waals surface area contributed by atoms with Crippen molar-refractivity contribution in [2.75, 3.05) is 12.8 Å². The fourth-order valence-corrected chi connectivity index (χ4v) is 4.54. The largest absolute Gasteiger partial charge is 0.267 e. The van der Waals surface area contributed by atoms with Gasteiger partial charge in [0, 0.05) is 9.82 Å². The van der Waals surface area contributed by atoms with Gasteiger partial charge in [0.05, 0.1) is 24.9 Å². The molecule has 0 saturated heterocycles. The predicted molar refractivity (Wildman–Crippen MR) is 109 cm³/mol. The summed E-state index contributed by atoms with van der Waals surface area (Å²) >= 11 is 0. The van der Waals surface area contributed by atoms with E-state index in [4.69, 9.17) is 9.71 Å². The van der Waals surface area contributed by atoms with E-state index >= 15 is 0 Å². The number of halogens is 1. The van der Waals surface area contributed by atoms with Gasteiger partial charge in [-0.25, -0.2) is 4.39 Å². The van der Waals surface area contributed by atoms with Crippen LogP contribution in [-0.2, 0) is 20.7 Å². The molecule has 0 spiro atoms. The van der Waals surface area contributed by atoms with Crippen LogP contribution in [0.4, 0.5) is 4.39 Å². The van der Waals surface area contributed by atoms with Crippen molar-refractivity contribution in [3.8, 4) is 0 Å². The Morgan fingerprint density at radius 3 is 2.60 bits per heavy atom. The third kappa shape index (κ3) is 5.08. The molecule has 1 aliphatic carbocycles. The molecule has 11 heteroatoms. The van der Waals surface area contributed by atoms with Gasteiger partial charge in [-0.3, -0.25) is 4.18 Å². The molecule has 0 aliphatic heterocycles. The quantitative estimate of drug-likeness (QED) is 0.266. The van der Waals surface area contributed by atoms with Crippen LogP contribution in [0.2, 0.25) is 0 Å². The zero-order chi connectivity index (χ0) is 21.7. The maximum Gasteiger partial charge on any atom is 0.264 e. The lowest BCUT2D eigenvalue weighted by Gasteiger charge is -2.27. The number of fused-ring (bicyclic) bond motifs is 2. The number of nitrogens with zero attached hydrogens (tertiary/aromatic N) is 6. The van der Waals surface area contributed by atoms with Crippen LogP contribution in [0.15, 0.2) is 52.7 Å². The van der Waals surface area contributed by atoms with Crippen molar-refractivity contribution in [2.24, 2.45) is 10.2 Å². The second-order valence-electron chi connectivity index (χ2n) is 7.05. The van der Waals surface area contributed by atoms with Gasteiger partial charge < -0.3 is 0 Å². The Morgan fingerprint density at radius 2 is 1.90 bits per heavy atom. The number of hydrogen-bond acceptors (Lipinski definition) is 5. The first-order valence-electron chi connectivity index (χ1n) is 9.12. The van der Waals surface area contributed by atoms with Crippen LogP contribution in [0, 0.1) is 5.82 Å². The standard InChI is InChI=1S/C19H19FN6O3S/c1-30(27,28)29-15(11-23-25-21)10-18-16-5-3-2-4-12(16)8-13-6-7-14(20)9-17(13)19(18)24-26-22/h2-7,9,15,18-19H,8,10-11H2,1H3/t15-,18+,19+/m0/s1. The van der Waals surface area contributed by atoms with Crippen LogP contribution < -0.4 is 0 Å². The molecule has 3 rings (SSSR count). The van der Waals surface area contributed by atoms with E-state index in [1.54, 1.807) is 6.07 Å². The van der Waals surface area contributed by atoms with E-state index < -0.39 is 34.0 Å². The first kappa shape index (κ1) is 21.6. The summed E-state index contributed by atoms with van der Waals surface area (Å²) in [5, 5.41) is 7.40. The Labute approximate surface area is 172 Å². The smallest absolute Gasteiger partial charge is 0.264 e. The summed E-state index contributed by atoms with van der Waals surface area (Å²) in [6.45, 7) is -0.221. The molecular weight excluding hydrogens is 411 g/mol. The Hall–Kier alpha value is -3.10. The molecule has 30 heavy (non-hydrogen) atoms. The van der Waals surface area contributed by atoms with Gasteiger partial charge in [0.15, 0.2) is 0 Å². The zero-order valence-corrected chi connectivity index (χ0v) is 16.9. The summed E-state index contributed by atoms with van der Waals surface area (Å²) in [5.41, 5.74) is 21.0. The average Bonchev–Trinajstić information content (AvgIpc) is 2.81. The van der Waals surface area contributed by atoms with Gasteiger partial charge in [-0.15, -0.1) is 0 Å². The topological polar surface area (TPSA) is 141 Å². The maximum atomic E-state index is 14.1. The summed E-state index contributed by atoms with van der Waals surface area (Å²) in [6.07, 6.45) is 0.531. The van der Waals surface area contributed by atoms with Crippen molar-refractivity contribution in [1.82, 2.24) is 0 Å². The molecule has 0 N–H and O–H groups in total. The summed E-state index contributed by atoms with van der Waals surface area (Å²) in [5.74, 6) is -0.976. The lowest BCUT2D eigenvalue weighted by molar-refractivity contribution is 0.192. The highest BCUT2D eigenvalue weighted by atomic mass is 32.2. The lowest BCUT2D eigenvalue weighted by Crippen LogP contribution is -2.25. The van der Waals surface area contributed by atoms with Crippen molar-refractivity contribution in [2.45, 2.75) is 30.9 Å².